The molecule has 0 N–H and O–H groups in total. The Morgan fingerprint density at radius 3 is 2.38 bits per heavy atom. The lowest BCUT2D eigenvalue weighted by molar-refractivity contribution is 0.313. The molecular formula is C11H18N2O2S. The molecule has 0 aliphatic carbocycles. The molecule has 0 saturated carbocycles. The summed E-state index contributed by atoms with van der Waals surface area (Å²) in [4.78, 5) is 6.59. The zero-order valence-electron chi connectivity index (χ0n) is 9.65. The molecule has 0 aromatic rings. The molecule has 2 rings (SSSR count). The first-order valence-electron chi connectivity index (χ1n) is 5.81. The highest BCUT2D eigenvalue weighted by Crippen LogP contribution is 2.20. The van der Waals surface area contributed by atoms with E-state index in [2.05, 4.69) is 9.89 Å². The molecule has 2 aliphatic heterocycles. The zero-order valence-corrected chi connectivity index (χ0v) is 10.5. The molecule has 0 aromatic heterocycles. The molecule has 2 aliphatic rings. The van der Waals surface area contributed by atoms with Crippen LogP contribution < -0.4 is 0 Å². The van der Waals surface area contributed by atoms with Gasteiger partial charge in [0.05, 0.1) is 4.91 Å². The summed E-state index contributed by atoms with van der Waals surface area (Å²) >= 11 is 0. The Balaban J connectivity index is 2.01. The smallest absolute Gasteiger partial charge is 0.218 e. The van der Waals surface area contributed by atoms with E-state index >= 15 is 0 Å². The Morgan fingerprint density at radius 1 is 1.25 bits per heavy atom. The van der Waals surface area contributed by atoms with Crippen LogP contribution in [-0.4, -0.2) is 38.0 Å². The maximum Gasteiger partial charge on any atom is 0.218 e. The monoisotopic (exact) mass is 242 g/mol. The van der Waals surface area contributed by atoms with Gasteiger partial charge in [-0.15, -0.1) is 0 Å². The number of likely N-dealkylation sites (tertiary alicyclic amines) is 1. The van der Waals surface area contributed by atoms with E-state index in [1.807, 2.05) is 0 Å². The van der Waals surface area contributed by atoms with Crippen LogP contribution >= 0.6 is 0 Å². The predicted molar refractivity (Wildman–Crippen MR) is 65.0 cm³/mol. The van der Waals surface area contributed by atoms with Crippen molar-refractivity contribution in [3.8, 4) is 0 Å². The fraction of sp³-hybridized carbons (Fsp3) is 0.727. The fourth-order valence-electron chi connectivity index (χ4n) is 2.13. The Hall–Kier alpha value is -0.680. The lowest BCUT2D eigenvalue weighted by atomic mass is 10.2. The van der Waals surface area contributed by atoms with Crippen molar-refractivity contribution in [3.05, 3.63) is 11.1 Å². The van der Waals surface area contributed by atoms with Gasteiger partial charge in [0.1, 0.15) is 5.04 Å². The van der Waals surface area contributed by atoms with Gasteiger partial charge in [0.15, 0.2) is 0 Å². The van der Waals surface area contributed by atoms with Gasteiger partial charge in [0.25, 0.3) is 0 Å². The molecule has 2 heterocycles. The van der Waals surface area contributed by atoms with Gasteiger partial charge >= 0.3 is 0 Å². The predicted octanol–water partition coefficient (Wildman–Crippen LogP) is 1.55. The molecule has 1 saturated heterocycles. The first-order valence-corrected chi connectivity index (χ1v) is 7.30. The van der Waals surface area contributed by atoms with Crippen LogP contribution in [0.3, 0.4) is 0 Å². The second kappa shape index (κ2) is 4.67. The zero-order chi connectivity index (χ0) is 11.6. The van der Waals surface area contributed by atoms with E-state index in [4.69, 9.17) is 0 Å². The summed E-state index contributed by atoms with van der Waals surface area (Å²) < 4.78 is 23.7. The van der Waals surface area contributed by atoms with Gasteiger partial charge in [0, 0.05) is 12.7 Å². The number of hydrogen-bond donors (Lipinski definition) is 0. The Kier molecular flexibility index (Phi) is 3.44. The topological polar surface area (TPSA) is 49.7 Å². The van der Waals surface area contributed by atoms with Crippen LogP contribution in [0.4, 0.5) is 0 Å². The van der Waals surface area contributed by atoms with Crippen molar-refractivity contribution in [2.24, 2.45) is 4.99 Å². The van der Waals surface area contributed by atoms with Crippen molar-refractivity contribution >= 4 is 14.9 Å². The van der Waals surface area contributed by atoms with Crippen molar-refractivity contribution in [2.45, 2.75) is 32.6 Å². The highest BCUT2D eigenvalue weighted by Gasteiger charge is 2.27. The van der Waals surface area contributed by atoms with E-state index in [-0.39, 0.29) is 5.04 Å². The normalized spacial score (nSPS) is 26.1. The highest BCUT2D eigenvalue weighted by molar-refractivity contribution is 8.09. The van der Waals surface area contributed by atoms with Crippen molar-refractivity contribution in [2.75, 3.05) is 19.6 Å². The van der Waals surface area contributed by atoms with Crippen molar-refractivity contribution in [1.82, 2.24) is 4.90 Å². The van der Waals surface area contributed by atoms with E-state index in [9.17, 15) is 8.42 Å². The van der Waals surface area contributed by atoms with Crippen molar-refractivity contribution < 1.29 is 8.42 Å². The maximum absolute atomic E-state index is 11.8. The second-order valence-corrected chi connectivity index (χ2v) is 6.56. The minimum Gasteiger partial charge on any atom is -0.298 e. The molecule has 4 nitrogen and oxygen atoms in total. The molecule has 1 fully saturated rings. The number of sulfone groups is 1. The minimum atomic E-state index is -3.21. The maximum atomic E-state index is 11.8. The van der Waals surface area contributed by atoms with Crippen LogP contribution in [0.5, 0.6) is 0 Å². The first kappa shape index (κ1) is 11.8. The third-order valence-electron chi connectivity index (χ3n) is 3.20. The molecule has 0 atom stereocenters. The molecule has 0 unspecified atom stereocenters. The second-order valence-electron chi connectivity index (χ2n) is 4.44. The minimum absolute atomic E-state index is 0.234. The number of aliphatic imine (C=N–C) groups is 1. The molecule has 0 amide bonds. The molecule has 5 heteroatoms. The van der Waals surface area contributed by atoms with E-state index in [1.54, 1.807) is 6.92 Å². The van der Waals surface area contributed by atoms with Gasteiger partial charge in [-0.3, -0.25) is 4.90 Å². The third kappa shape index (κ3) is 2.35. The van der Waals surface area contributed by atoms with E-state index < -0.39 is 9.84 Å². The molecule has 0 radical (unpaired) electrons. The Bertz CT molecular complexity index is 415. The molecule has 90 valence electrons. The summed E-state index contributed by atoms with van der Waals surface area (Å²) in [6, 6.07) is 0. The van der Waals surface area contributed by atoms with E-state index in [0.717, 1.165) is 13.1 Å². The summed E-state index contributed by atoms with van der Waals surface area (Å²) in [5.41, 5.74) is 0. The van der Waals surface area contributed by atoms with Gasteiger partial charge in [-0.1, -0.05) is 12.8 Å². The lowest BCUT2D eigenvalue weighted by Crippen LogP contribution is -2.29. The number of hydrogen-bond acceptors (Lipinski definition) is 4. The van der Waals surface area contributed by atoms with Gasteiger partial charge in [-0.05, 0) is 32.9 Å². The van der Waals surface area contributed by atoms with Crippen LogP contribution in [0.2, 0.25) is 0 Å². The summed E-state index contributed by atoms with van der Waals surface area (Å²) in [5.74, 6) is 0. The summed E-state index contributed by atoms with van der Waals surface area (Å²) in [6.07, 6.45) is 6.38. The van der Waals surface area contributed by atoms with Crippen LogP contribution in [0.25, 0.3) is 0 Å². The van der Waals surface area contributed by atoms with Crippen LogP contribution in [0.15, 0.2) is 16.1 Å². The van der Waals surface area contributed by atoms with E-state index in [0.29, 0.717) is 11.4 Å². The average molecular weight is 242 g/mol. The Morgan fingerprint density at radius 2 is 1.88 bits per heavy atom. The fourth-order valence-corrected chi connectivity index (χ4v) is 3.25. The average Bonchev–Trinajstić information content (AvgIpc) is 2.50. The van der Waals surface area contributed by atoms with Crippen LogP contribution in [0.1, 0.15) is 32.6 Å². The van der Waals surface area contributed by atoms with Crippen molar-refractivity contribution in [1.29, 1.82) is 0 Å². The highest BCUT2D eigenvalue weighted by atomic mass is 32.2. The molecular weight excluding hydrogens is 224 g/mol. The van der Waals surface area contributed by atoms with Gasteiger partial charge in [-0.2, -0.15) is 0 Å². The SMILES string of the molecule is CC1=NC=C(CN2CCCCCC2)S1(=O)=O. The quantitative estimate of drug-likeness (QED) is 0.738. The van der Waals surface area contributed by atoms with Crippen LogP contribution in [0, 0.1) is 0 Å². The standard InChI is InChI=1S/C11H18N2O2S/c1-10-12-8-11(16(10,14)15)9-13-6-4-2-3-5-7-13/h8H,2-7,9H2,1H3. The van der Waals surface area contributed by atoms with E-state index in [1.165, 1.54) is 31.9 Å². The third-order valence-corrected chi connectivity index (χ3v) is 5.01. The van der Waals surface area contributed by atoms with Crippen LogP contribution in [-0.2, 0) is 9.84 Å². The van der Waals surface area contributed by atoms with Gasteiger partial charge < -0.3 is 0 Å². The van der Waals surface area contributed by atoms with Gasteiger partial charge in [-0.25, -0.2) is 13.4 Å². The van der Waals surface area contributed by atoms with Gasteiger partial charge in [0.2, 0.25) is 9.84 Å². The number of nitrogens with zero attached hydrogens (tertiary/aromatic N) is 2. The summed E-state index contributed by atoms with van der Waals surface area (Å²) in [6.45, 7) is 4.10. The summed E-state index contributed by atoms with van der Waals surface area (Å²) in [5, 5.41) is 0.234. The lowest BCUT2D eigenvalue weighted by Gasteiger charge is -2.19. The first-order chi connectivity index (χ1) is 7.60. The molecule has 0 bridgehead atoms. The summed E-state index contributed by atoms with van der Waals surface area (Å²) in [7, 11) is -3.21. The van der Waals surface area contributed by atoms with Crippen molar-refractivity contribution in [3.63, 3.8) is 0 Å². The molecule has 0 aromatic carbocycles. The molecule has 16 heavy (non-hydrogen) atoms. The molecule has 0 spiro atoms. The largest absolute Gasteiger partial charge is 0.298 e. The Labute approximate surface area is 97.0 Å². The number of rotatable bonds is 2.